The molecule has 1 saturated heterocycles. The molecular formula is C11H21N5O. The van der Waals surface area contributed by atoms with Crippen molar-refractivity contribution >= 4 is 5.91 Å². The molecule has 0 unspecified atom stereocenters. The highest BCUT2D eigenvalue weighted by molar-refractivity contribution is 5.76. The van der Waals surface area contributed by atoms with E-state index in [1.54, 1.807) is 0 Å². The molecule has 1 rings (SSSR count). The van der Waals surface area contributed by atoms with Crippen molar-refractivity contribution in [1.82, 2.24) is 10.6 Å². The molecule has 0 saturated carbocycles. The van der Waals surface area contributed by atoms with Crippen LogP contribution in [0.5, 0.6) is 0 Å². The summed E-state index contributed by atoms with van der Waals surface area (Å²) in [4.78, 5) is 11.5. The zero-order valence-electron chi connectivity index (χ0n) is 10.0. The third-order valence-corrected chi connectivity index (χ3v) is 3.04. The third kappa shape index (κ3) is 5.44. The maximum absolute atomic E-state index is 11.5. The van der Waals surface area contributed by atoms with Gasteiger partial charge < -0.3 is 16.4 Å². The minimum Gasteiger partial charge on any atom is -0.403 e. The lowest BCUT2D eigenvalue weighted by molar-refractivity contribution is -0.121. The monoisotopic (exact) mass is 239 g/mol. The van der Waals surface area contributed by atoms with Gasteiger partial charge in [-0.15, -0.1) is 0 Å². The number of carbonyl (C=O) groups excluding carboxylic acids is 1. The van der Waals surface area contributed by atoms with Crippen molar-refractivity contribution in [3.8, 4) is 0 Å². The van der Waals surface area contributed by atoms with E-state index in [0.717, 1.165) is 32.4 Å². The Hall–Kier alpha value is -1.43. The summed E-state index contributed by atoms with van der Waals surface area (Å²) in [6, 6.07) is 0. The van der Waals surface area contributed by atoms with Gasteiger partial charge in [-0.1, -0.05) is 0 Å². The molecule has 0 bridgehead atoms. The lowest BCUT2D eigenvalue weighted by Gasteiger charge is -2.22. The molecular weight excluding hydrogens is 218 g/mol. The highest BCUT2D eigenvalue weighted by atomic mass is 16.1. The van der Waals surface area contributed by atoms with Gasteiger partial charge in [0, 0.05) is 12.6 Å². The van der Waals surface area contributed by atoms with E-state index in [2.05, 4.69) is 15.7 Å². The second-order valence-electron chi connectivity index (χ2n) is 4.28. The van der Waals surface area contributed by atoms with Crippen LogP contribution in [-0.4, -0.2) is 25.5 Å². The molecule has 6 heteroatoms. The first-order valence-corrected chi connectivity index (χ1v) is 6.02. The minimum absolute atomic E-state index is 0.00605. The standard InChI is InChI=1S/C11H21N5O/c12-7-10(16-13)8-15-11(17)2-1-9-3-5-14-6-4-9/h7,9,13-14H,1-6,8,12H2,(H,15,17)/b10-7-,16-13?. The van der Waals surface area contributed by atoms with Gasteiger partial charge in [0.05, 0.1) is 12.2 Å². The molecule has 0 aromatic rings. The molecule has 1 aliphatic rings. The number of hydrogen-bond acceptors (Lipinski definition) is 5. The highest BCUT2D eigenvalue weighted by Crippen LogP contribution is 2.17. The Morgan fingerprint density at radius 3 is 2.82 bits per heavy atom. The van der Waals surface area contributed by atoms with E-state index in [1.807, 2.05) is 0 Å². The molecule has 1 fully saturated rings. The molecule has 0 aromatic heterocycles. The van der Waals surface area contributed by atoms with Crippen LogP contribution in [0.2, 0.25) is 0 Å². The van der Waals surface area contributed by atoms with Gasteiger partial charge in [-0.05, 0) is 38.3 Å². The highest BCUT2D eigenvalue weighted by Gasteiger charge is 2.14. The molecule has 1 amide bonds. The van der Waals surface area contributed by atoms with E-state index >= 15 is 0 Å². The molecule has 17 heavy (non-hydrogen) atoms. The van der Waals surface area contributed by atoms with Gasteiger partial charge in [0.15, 0.2) is 0 Å². The van der Waals surface area contributed by atoms with E-state index in [4.69, 9.17) is 11.3 Å². The molecule has 1 aliphatic heterocycles. The average molecular weight is 239 g/mol. The van der Waals surface area contributed by atoms with Crippen LogP contribution < -0.4 is 16.4 Å². The summed E-state index contributed by atoms with van der Waals surface area (Å²) < 4.78 is 0. The van der Waals surface area contributed by atoms with Crippen LogP contribution in [0.4, 0.5) is 0 Å². The van der Waals surface area contributed by atoms with Crippen molar-refractivity contribution < 1.29 is 4.79 Å². The van der Waals surface area contributed by atoms with Crippen molar-refractivity contribution in [2.75, 3.05) is 19.6 Å². The topological polar surface area (TPSA) is 103 Å². The van der Waals surface area contributed by atoms with Crippen molar-refractivity contribution in [2.24, 2.45) is 16.8 Å². The third-order valence-electron chi connectivity index (χ3n) is 3.04. The molecule has 6 nitrogen and oxygen atoms in total. The summed E-state index contributed by atoms with van der Waals surface area (Å²) in [6.07, 6.45) is 5.03. The van der Waals surface area contributed by atoms with E-state index in [1.165, 1.54) is 6.20 Å². The fourth-order valence-corrected chi connectivity index (χ4v) is 1.92. The lowest BCUT2D eigenvalue weighted by Crippen LogP contribution is -2.30. The molecule has 1 heterocycles. The second kappa shape index (κ2) is 7.78. The molecule has 5 N–H and O–H groups in total. The minimum atomic E-state index is 0.00605. The zero-order valence-corrected chi connectivity index (χ0v) is 10.0. The Kier molecular flexibility index (Phi) is 6.24. The largest absolute Gasteiger partial charge is 0.403 e. The van der Waals surface area contributed by atoms with Gasteiger partial charge in [0.25, 0.3) is 0 Å². The molecule has 96 valence electrons. The van der Waals surface area contributed by atoms with Crippen molar-refractivity contribution in [2.45, 2.75) is 25.7 Å². The van der Waals surface area contributed by atoms with E-state index in [-0.39, 0.29) is 12.5 Å². The molecule has 0 radical (unpaired) electrons. The summed E-state index contributed by atoms with van der Waals surface area (Å²) in [6.45, 7) is 2.36. The Morgan fingerprint density at radius 2 is 2.24 bits per heavy atom. The summed E-state index contributed by atoms with van der Waals surface area (Å²) in [5, 5.41) is 9.20. The summed E-state index contributed by atoms with van der Waals surface area (Å²) >= 11 is 0. The number of hydrogen-bond donors (Lipinski definition) is 4. The van der Waals surface area contributed by atoms with E-state index in [9.17, 15) is 4.79 Å². The molecule has 0 aromatic carbocycles. The number of nitrogens with one attached hydrogen (secondary N) is 3. The summed E-state index contributed by atoms with van der Waals surface area (Å²) in [7, 11) is 0. The quantitative estimate of drug-likeness (QED) is 0.513. The number of carbonyl (C=O) groups is 1. The smallest absolute Gasteiger partial charge is 0.220 e. The lowest BCUT2D eigenvalue weighted by atomic mass is 9.93. The van der Waals surface area contributed by atoms with Crippen molar-refractivity contribution in [3.63, 3.8) is 0 Å². The predicted octanol–water partition coefficient (Wildman–Crippen LogP) is 0.713. The maximum Gasteiger partial charge on any atom is 0.220 e. The van der Waals surface area contributed by atoms with Gasteiger partial charge in [0.1, 0.15) is 0 Å². The number of nitrogens with zero attached hydrogens (tertiary/aromatic N) is 1. The van der Waals surface area contributed by atoms with Gasteiger partial charge >= 0.3 is 0 Å². The SMILES string of the molecule is N=N/C(=C\N)CNC(=O)CCC1CCNCC1. The maximum atomic E-state index is 11.5. The molecule has 0 atom stereocenters. The van der Waals surface area contributed by atoms with Crippen LogP contribution in [0.1, 0.15) is 25.7 Å². The van der Waals surface area contributed by atoms with Crippen LogP contribution in [0.3, 0.4) is 0 Å². The van der Waals surface area contributed by atoms with Gasteiger partial charge in [-0.25, -0.2) is 5.53 Å². The first kappa shape index (κ1) is 13.6. The summed E-state index contributed by atoms with van der Waals surface area (Å²) in [5.41, 5.74) is 12.4. The fraction of sp³-hybridized carbons (Fsp3) is 0.727. The van der Waals surface area contributed by atoms with E-state index < -0.39 is 0 Å². The number of piperidine rings is 1. The van der Waals surface area contributed by atoms with Crippen molar-refractivity contribution in [1.29, 1.82) is 5.53 Å². The predicted molar refractivity (Wildman–Crippen MR) is 65.3 cm³/mol. The fourth-order valence-electron chi connectivity index (χ4n) is 1.92. The number of nitrogens with two attached hydrogens (primary N) is 1. The van der Waals surface area contributed by atoms with Crippen LogP contribution in [-0.2, 0) is 4.79 Å². The van der Waals surface area contributed by atoms with Crippen LogP contribution >= 0.6 is 0 Å². The number of amides is 1. The van der Waals surface area contributed by atoms with Gasteiger partial charge in [-0.3, -0.25) is 4.79 Å². The Balaban J connectivity index is 2.14. The van der Waals surface area contributed by atoms with Crippen LogP contribution in [0.25, 0.3) is 0 Å². The molecule has 0 aliphatic carbocycles. The first-order chi connectivity index (χ1) is 8.26. The first-order valence-electron chi connectivity index (χ1n) is 6.02. The van der Waals surface area contributed by atoms with E-state index in [0.29, 0.717) is 18.0 Å². The Morgan fingerprint density at radius 1 is 1.53 bits per heavy atom. The Labute approximate surface area is 102 Å². The molecule has 0 spiro atoms. The number of rotatable bonds is 6. The zero-order chi connectivity index (χ0) is 12.5. The summed E-state index contributed by atoms with van der Waals surface area (Å²) in [5.74, 6) is 0.666. The van der Waals surface area contributed by atoms with Crippen LogP contribution in [0, 0.1) is 11.4 Å². The second-order valence-corrected chi connectivity index (χ2v) is 4.28. The average Bonchev–Trinajstić information content (AvgIpc) is 2.39. The Bertz CT molecular complexity index is 284. The van der Waals surface area contributed by atoms with Gasteiger partial charge in [-0.2, -0.15) is 5.11 Å². The van der Waals surface area contributed by atoms with Crippen molar-refractivity contribution in [3.05, 3.63) is 11.9 Å². The van der Waals surface area contributed by atoms with Crippen LogP contribution in [0.15, 0.2) is 17.0 Å². The normalized spacial score (nSPS) is 17.8. The van der Waals surface area contributed by atoms with Gasteiger partial charge in [0.2, 0.25) is 5.91 Å².